The predicted molar refractivity (Wildman–Crippen MR) is 60.9 cm³/mol. The summed E-state index contributed by atoms with van der Waals surface area (Å²) in [6.07, 6.45) is 2.13. The molecule has 0 spiro atoms. The molecule has 0 fully saturated rings. The fraction of sp³-hybridized carbons (Fsp3) is 0.417. The van der Waals surface area contributed by atoms with Crippen molar-refractivity contribution in [2.75, 3.05) is 0 Å². The molecule has 1 aliphatic rings. The second-order valence-corrected chi connectivity index (χ2v) is 4.22. The van der Waals surface area contributed by atoms with Crippen LogP contribution in [0.5, 0.6) is 0 Å². The molecule has 1 unspecified atom stereocenters. The summed E-state index contributed by atoms with van der Waals surface area (Å²) in [7, 11) is 0. The van der Waals surface area contributed by atoms with Gasteiger partial charge in [-0.2, -0.15) is 0 Å². The number of Topliss-reactive ketones (excluding diaryl/α,β-unsaturated/α-hetero) is 1. The Balaban J connectivity index is 2.46. The molecule has 0 aliphatic heterocycles. The van der Waals surface area contributed by atoms with Crippen LogP contribution in [0.1, 0.15) is 28.4 Å². The number of fused-ring (bicyclic) bond motifs is 1. The minimum Gasteiger partial charge on any atom is -0.481 e. The van der Waals surface area contributed by atoms with E-state index < -0.39 is 11.9 Å². The Labute approximate surface area is 98.8 Å². The Morgan fingerprint density at radius 2 is 2.35 bits per heavy atom. The number of carbonyl (C=O) groups excluding carboxylic acids is 1. The van der Waals surface area contributed by atoms with Gasteiger partial charge in [-0.3, -0.25) is 9.59 Å². The van der Waals surface area contributed by atoms with E-state index in [0.717, 1.165) is 11.5 Å². The maximum absolute atomic E-state index is 11.8. The van der Waals surface area contributed by atoms with Crippen molar-refractivity contribution in [2.24, 2.45) is 5.92 Å². The number of aromatic nitrogens is 2. The lowest BCUT2D eigenvalue weighted by Crippen LogP contribution is -2.27. The third-order valence-electron chi connectivity index (χ3n) is 3.06. The molecule has 1 aromatic rings. The molecule has 1 aromatic heterocycles. The molecule has 90 valence electrons. The van der Waals surface area contributed by atoms with Crippen LogP contribution in [-0.2, 0) is 17.8 Å². The molecule has 5 heteroatoms. The quantitative estimate of drug-likeness (QED) is 0.798. The van der Waals surface area contributed by atoms with Gasteiger partial charge in [0.1, 0.15) is 11.5 Å². The van der Waals surface area contributed by atoms with Crippen LogP contribution in [0, 0.1) is 12.8 Å². The van der Waals surface area contributed by atoms with Gasteiger partial charge >= 0.3 is 5.97 Å². The molecule has 1 N–H and O–H groups in total. The SMILES string of the molecule is C=CCn1c(C)nc2c1CC(C(=O)O)CC2=O. The fourth-order valence-electron chi connectivity index (χ4n) is 2.21. The van der Waals surface area contributed by atoms with Crippen LogP contribution < -0.4 is 0 Å². The fourth-order valence-corrected chi connectivity index (χ4v) is 2.21. The van der Waals surface area contributed by atoms with Crippen LogP contribution in [0.15, 0.2) is 12.7 Å². The zero-order valence-corrected chi connectivity index (χ0v) is 9.64. The number of ketones is 1. The smallest absolute Gasteiger partial charge is 0.307 e. The summed E-state index contributed by atoms with van der Waals surface area (Å²) in [6.45, 7) is 6.01. The first kappa shape index (κ1) is 11.6. The first-order chi connectivity index (χ1) is 8.04. The Bertz CT molecular complexity index is 502. The number of rotatable bonds is 3. The number of allylic oxidation sites excluding steroid dienone is 1. The minimum atomic E-state index is -0.923. The van der Waals surface area contributed by atoms with E-state index >= 15 is 0 Å². The summed E-state index contributed by atoms with van der Waals surface area (Å²) in [5.41, 5.74) is 1.16. The van der Waals surface area contributed by atoms with Crippen LogP contribution in [-0.4, -0.2) is 26.4 Å². The van der Waals surface area contributed by atoms with Crippen molar-refractivity contribution >= 4 is 11.8 Å². The van der Waals surface area contributed by atoms with E-state index in [1.54, 1.807) is 6.08 Å². The number of carboxylic acid groups (broad SMARTS) is 1. The monoisotopic (exact) mass is 234 g/mol. The molecule has 0 bridgehead atoms. The molecule has 1 aliphatic carbocycles. The number of hydrogen-bond acceptors (Lipinski definition) is 3. The lowest BCUT2D eigenvalue weighted by molar-refractivity contribution is -0.141. The molecule has 0 radical (unpaired) electrons. The Morgan fingerprint density at radius 3 is 2.94 bits per heavy atom. The largest absolute Gasteiger partial charge is 0.481 e. The number of imidazole rings is 1. The molecule has 1 heterocycles. The number of aliphatic carboxylic acids is 1. The van der Waals surface area contributed by atoms with Gasteiger partial charge in [0.2, 0.25) is 0 Å². The zero-order valence-electron chi connectivity index (χ0n) is 9.64. The maximum atomic E-state index is 11.8. The van der Waals surface area contributed by atoms with Crippen molar-refractivity contribution in [3.8, 4) is 0 Å². The lowest BCUT2D eigenvalue weighted by atomic mass is 9.89. The number of carboxylic acids is 1. The minimum absolute atomic E-state index is 0.0485. The number of hydrogen-bond donors (Lipinski definition) is 1. The highest BCUT2D eigenvalue weighted by Gasteiger charge is 2.33. The summed E-state index contributed by atoms with van der Waals surface area (Å²) < 4.78 is 1.86. The van der Waals surface area contributed by atoms with Crippen LogP contribution >= 0.6 is 0 Å². The van der Waals surface area contributed by atoms with Crippen molar-refractivity contribution in [3.63, 3.8) is 0 Å². The molecule has 17 heavy (non-hydrogen) atoms. The van der Waals surface area contributed by atoms with Gasteiger partial charge in [-0.25, -0.2) is 4.98 Å². The van der Waals surface area contributed by atoms with Gasteiger partial charge in [0.25, 0.3) is 0 Å². The van der Waals surface area contributed by atoms with Gasteiger partial charge in [-0.05, 0) is 6.92 Å². The highest BCUT2D eigenvalue weighted by atomic mass is 16.4. The molecule has 2 rings (SSSR count). The van der Waals surface area contributed by atoms with Crippen LogP contribution in [0.25, 0.3) is 0 Å². The summed E-state index contributed by atoms with van der Waals surface area (Å²) in [6, 6.07) is 0. The van der Waals surface area contributed by atoms with E-state index in [0.29, 0.717) is 18.7 Å². The summed E-state index contributed by atoms with van der Waals surface area (Å²) in [5, 5.41) is 9.01. The van der Waals surface area contributed by atoms with Crippen molar-refractivity contribution in [1.82, 2.24) is 9.55 Å². The van der Waals surface area contributed by atoms with E-state index in [4.69, 9.17) is 5.11 Å². The molecule has 0 amide bonds. The van der Waals surface area contributed by atoms with Gasteiger partial charge < -0.3 is 9.67 Å². The van der Waals surface area contributed by atoms with Crippen LogP contribution in [0.4, 0.5) is 0 Å². The second kappa shape index (κ2) is 4.16. The maximum Gasteiger partial charge on any atom is 0.307 e. The Hall–Kier alpha value is -1.91. The summed E-state index contributed by atoms with van der Waals surface area (Å²) in [5.74, 6) is -0.999. The molecule has 0 saturated carbocycles. The second-order valence-electron chi connectivity index (χ2n) is 4.22. The molecule has 0 saturated heterocycles. The normalized spacial score (nSPS) is 18.9. The van der Waals surface area contributed by atoms with E-state index in [1.165, 1.54) is 0 Å². The van der Waals surface area contributed by atoms with Gasteiger partial charge in [0.05, 0.1) is 5.92 Å². The van der Waals surface area contributed by atoms with Crippen molar-refractivity contribution in [3.05, 3.63) is 29.9 Å². The van der Waals surface area contributed by atoms with Crippen LogP contribution in [0.2, 0.25) is 0 Å². The molecule has 0 aromatic carbocycles. The van der Waals surface area contributed by atoms with Gasteiger partial charge in [-0.1, -0.05) is 6.08 Å². The van der Waals surface area contributed by atoms with E-state index in [2.05, 4.69) is 11.6 Å². The van der Waals surface area contributed by atoms with Gasteiger partial charge in [0, 0.05) is 25.1 Å². The zero-order chi connectivity index (χ0) is 12.6. The topological polar surface area (TPSA) is 72.2 Å². The molecule has 5 nitrogen and oxygen atoms in total. The standard InChI is InChI=1S/C12H14N2O3/c1-3-4-14-7(2)13-11-9(14)5-8(12(16)17)6-10(11)15/h3,8H,1,4-6H2,2H3,(H,16,17). The molecule has 1 atom stereocenters. The number of carbonyl (C=O) groups is 2. The van der Waals surface area contributed by atoms with E-state index in [9.17, 15) is 9.59 Å². The highest BCUT2D eigenvalue weighted by Crippen LogP contribution is 2.26. The molecular formula is C12H14N2O3. The summed E-state index contributed by atoms with van der Waals surface area (Å²) in [4.78, 5) is 27.0. The average Bonchev–Trinajstić information content (AvgIpc) is 2.57. The molecular weight excluding hydrogens is 220 g/mol. The lowest BCUT2D eigenvalue weighted by Gasteiger charge is -2.18. The van der Waals surface area contributed by atoms with Crippen molar-refractivity contribution < 1.29 is 14.7 Å². The third kappa shape index (κ3) is 1.88. The van der Waals surface area contributed by atoms with Crippen molar-refractivity contribution in [2.45, 2.75) is 26.3 Å². The van der Waals surface area contributed by atoms with Crippen LogP contribution in [0.3, 0.4) is 0 Å². The predicted octanol–water partition coefficient (Wildman–Crippen LogP) is 1.21. The van der Waals surface area contributed by atoms with Gasteiger partial charge in [0.15, 0.2) is 5.78 Å². The number of nitrogens with zero attached hydrogens (tertiary/aromatic N) is 2. The third-order valence-corrected chi connectivity index (χ3v) is 3.06. The average molecular weight is 234 g/mol. The van der Waals surface area contributed by atoms with E-state index in [1.807, 2.05) is 11.5 Å². The van der Waals surface area contributed by atoms with Crippen molar-refractivity contribution in [1.29, 1.82) is 0 Å². The van der Waals surface area contributed by atoms with Gasteiger partial charge in [-0.15, -0.1) is 6.58 Å². The first-order valence-corrected chi connectivity index (χ1v) is 5.47. The Morgan fingerprint density at radius 1 is 1.65 bits per heavy atom. The first-order valence-electron chi connectivity index (χ1n) is 5.47. The number of aryl methyl sites for hydroxylation is 1. The highest BCUT2D eigenvalue weighted by molar-refractivity contribution is 5.99. The summed E-state index contributed by atoms with van der Waals surface area (Å²) >= 11 is 0. The Kier molecular flexibility index (Phi) is 2.83. The van der Waals surface area contributed by atoms with E-state index in [-0.39, 0.29) is 12.2 Å².